The Kier molecular flexibility index (Phi) is 5.29. The summed E-state index contributed by atoms with van der Waals surface area (Å²) in [6, 6.07) is 6.06. The van der Waals surface area contributed by atoms with Gasteiger partial charge in [0.25, 0.3) is 5.56 Å². The van der Waals surface area contributed by atoms with E-state index >= 15 is 0 Å². The summed E-state index contributed by atoms with van der Waals surface area (Å²) in [5.41, 5.74) is 10.4. The summed E-state index contributed by atoms with van der Waals surface area (Å²) in [6.07, 6.45) is 3.17. The van der Waals surface area contributed by atoms with Crippen molar-refractivity contribution >= 4 is 44.2 Å². The van der Waals surface area contributed by atoms with Crippen molar-refractivity contribution in [1.82, 2.24) is 9.97 Å². The van der Waals surface area contributed by atoms with E-state index < -0.39 is 0 Å². The molecule has 4 rings (SSSR count). The van der Waals surface area contributed by atoms with Crippen LogP contribution in [0.25, 0.3) is 10.2 Å². The van der Waals surface area contributed by atoms with Crippen LogP contribution in [0, 0.1) is 19.8 Å². The zero-order valence-corrected chi connectivity index (χ0v) is 18.0. The number of fused-ring (bicyclic) bond motifs is 3. The van der Waals surface area contributed by atoms with Crippen LogP contribution in [0.5, 0.6) is 0 Å². The van der Waals surface area contributed by atoms with Crippen molar-refractivity contribution in [2.45, 2.75) is 45.8 Å². The number of benzene rings is 1. The van der Waals surface area contributed by atoms with Gasteiger partial charge in [-0.1, -0.05) is 36.9 Å². The van der Waals surface area contributed by atoms with Crippen LogP contribution in [-0.2, 0) is 18.6 Å². The van der Waals surface area contributed by atoms with Crippen LogP contribution < -0.4 is 11.3 Å². The Bertz CT molecular complexity index is 1110. The molecule has 1 atom stereocenters. The van der Waals surface area contributed by atoms with E-state index in [1.54, 1.807) is 11.3 Å². The summed E-state index contributed by atoms with van der Waals surface area (Å²) >= 11 is 3.06. The molecule has 0 unspecified atom stereocenters. The van der Waals surface area contributed by atoms with Crippen LogP contribution in [-0.4, -0.2) is 15.1 Å². The zero-order valence-electron chi connectivity index (χ0n) is 16.3. The van der Waals surface area contributed by atoms with Gasteiger partial charge in [-0.05, 0) is 55.7 Å². The number of hydrogen-bond donors (Lipinski definition) is 2. The van der Waals surface area contributed by atoms with E-state index in [2.05, 4.69) is 16.9 Å². The van der Waals surface area contributed by atoms with E-state index in [1.807, 2.05) is 32.0 Å². The van der Waals surface area contributed by atoms with Crippen molar-refractivity contribution < 1.29 is 0 Å². The van der Waals surface area contributed by atoms with Gasteiger partial charge in [0.15, 0.2) is 5.17 Å². The lowest BCUT2D eigenvalue weighted by molar-refractivity contribution is 0.509. The highest BCUT2D eigenvalue weighted by atomic mass is 32.2. The van der Waals surface area contributed by atoms with Gasteiger partial charge in [0.1, 0.15) is 10.7 Å². The predicted molar refractivity (Wildman–Crippen MR) is 120 cm³/mol. The Balaban J connectivity index is 1.57. The van der Waals surface area contributed by atoms with E-state index in [-0.39, 0.29) is 5.56 Å². The molecule has 1 aliphatic carbocycles. The smallest absolute Gasteiger partial charge is 0.259 e. The average Bonchev–Trinajstić information content (AvgIpc) is 3.01. The number of H-pyrrole nitrogens is 1. The van der Waals surface area contributed by atoms with Crippen LogP contribution in [0.2, 0.25) is 0 Å². The number of aliphatic imine (C=N–C) groups is 1. The molecule has 0 saturated heterocycles. The molecule has 3 aromatic rings. The van der Waals surface area contributed by atoms with Gasteiger partial charge >= 0.3 is 0 Å². The monoisotopic (exact) mass is 412 g/mol. The Hall–Kier alpha value is -2.12. The molecule has 1 aromatic carbocycles. The van der Waals surface area contributed by atoms with Crippen molar-refractivity contribution in [1.29, 1.82) is 0 Å². The van der Waals surface area contributed by atoms with Crippen LogP contribution in [0.1, 0.15) is 40.7 Å². The molecule has 2 aromatic heterocycles. The third kappa shape index (κ3) is 3.73. The molecule has 0 radical (unpaired) electrons. The molecule has 5 nitrogen and oxygen atoms in total. The van der Waals surface area contributed by atoms with Crippen molar-refractivity contribution in [3.63, 3.8) is 0 Å². The molecule has 0 aliphatic heterocycles. The minimum Gasteiger partial charge on any atom is -0.378 e. The Morgan fingerprint density at radius 1 is 1.39 bits per heavy atom. The third-order valence-corrected chi connectivity index (χ3v) is 7.19. The minimum atomic E-state index is -0.0297. The number of para-hydroxylation sites is 1. The van der Waals surface area contributed by atoms with Gasteiger partial charge in [0.05, 0.1) is 16.8 Å². The van der Waals surface area contributed by atoms with Crippen molar-refractivity contribution in [3.8, 4) is 0 Å². The molecule has 0 saturated carbocycles. The first-order valence-electron chi connectivity index (χ1n) is 9.49. The average molecular weight is 413 g/mol. The van der Waals surface area contributed by atoms with E-state index in [0.717, 1.165) is 46.3 Å². The molecule has 2 heterocycles. The first-order valence-corrected chi connectivity index (χ1v) is 11.3. The quantitative estimate of drug-likeness (QED) is 0.486. The predicted octanol–water partition coefficient (Wildman–Crippen LogP) is 4.61. The standard InChI is InChI=1S/C21H24N4OS2/c1-11-7-8-14-15(9-11)28-20-17(14)19(26)23-16(24-20)10-27-21(22)25-18-12(2)5-4-6-13(18)3/h4-6,11H,7-10H2,1-3H3,(H2,22,25)(H,23,24,26)/t11-/m0/s1. The lowest BCUT2D eigenvalue weighted by Crippen LogP contribution is -2.15. The second kappa shape index (κ2) is 7.72. The van der Waals surface area contributed by atoms with E-state index in [1.165, 1.54) is 22.2 Å². The molecule has 0 spiro atoms. The van der Waals surface area contributed by atoms with E-state index in [9.17, 15) is 4.79 Å². The fraction of sp³-hybridized carbons (Fsp3) is 0.381. The molecular weight excluding hydrogens is 388 g/mol. The number of amidine groups is 1. The molecule has 7 heteroatoms. The van der Waals surface area contributed by atoms with Gasteiger partial charge in [-0.25, -0.2) is 9.98 Å². The fourth-order valence-corrected chi connectivity index (χ4v) is 5.71. The van der Waals surface area contributed by atoms with Crippen molar-refractivity contribution in [3.05, 3.63) is 55.9 Å². The number of rotatable bonds is 3. The summed E-state index contributed by atoms with van der Waals surface area (Å²) in [5.74, 6) is 1.81. The number of thiophene rings is 1. The van der Waals surface area contributed by atoms with Gasteiger partial charge in [0.2, 0.25) is 0 Å². The van der Waals surface area contributed by atoms with Crippen molar-refractivity contribution in [2.24, 2.45) is 16.6 Å². The molecule has 3 N–H and O–H groups in total. The number of thioether (sulfide) groups is 1. The molecule has 1 aliphatic rings. The second-order valence-electron chi connectivity index (χ2n) is 7.52. The summed E-state index contributed by atoms with van der Waals surface area (Å²) in [7, 11) is 0. The number of aryl methyl sites for hydroxylation is 3. The van der Waals surface area contributed by atoms with E-state index in [4.69, 9.17) is 10.7 Å². The first kappa shape index (κ1) is 19.2. The Morgan fingerprint density at radius 3 is 2.89 bits per heavy atom. The third-order valence-electron chi connectivity index (χ3n) is 5.23. The Labute approximate surface area is 172 Å². The first-order chi connectivity index (χ1) is 13.4. The largest absolute Gasteiger partial charge is 0.378 e. The summed E-state index contributed by atoms with van der Waals surface area (Å²) in [6.45, 7) is 6.32. The maximum Gasteiger partial charge on any atom is 0.259 e. The van der Waals surface area contributed by atoms with E-state index in [0.29, 0.717) is 22.7 Å². The zero-order chi connectivity index (χ0) is 19.8. The molecule has 0 fully saturated rings. The van der Waals surface area contributed by atoms with Crippen molar-refractivity contribution in [2.75, 3.05) is 0 Å². The van der Waals surface area contributed by atoms with Crippen LogP contribution in [0.4, 0.5) is 5.69 Å². The topological polar surface area (TPSA) is 84.1 Å². The number of nitrogens with one attached hydrogen (secondary N) is 1. The maximum absolute atomic E-state index is 12.7. The van der Waals surface area contributed by atoms with Gasteiger partial charge in [-0.3, -0.25) is 4.79 Å². The van der Waals surface area contributed by atoms with Gasteiger partial charge in [0, 0.05) is 4.88 Å². The number of aromatic amines is 1. The lowest BCUT2D eigenvalue weighted by atomic mass is 9.89. The summed E-state index contributed by atoms with van der Waals surface area (Å²) in [5, 5.41) is 1.26. The van der Waals surface area contributed by atoms with Crippen LogP contribution in [0.3, 0.4) is 0 Å². The number of nitrogens with zero attached hydrogens (tertiary/aromatic N) is 2. The normalized spacial score (nSPS) is 17.1. The SMILES string of the molecule is Cc1cccc(C)c1N=C(N)SCc1nc2sc3c(c2c(=O)[nH]1)CC[C@H](C)C3. The molecule has 28 heavy (non-hydrogen) atoms. The van der Waals surface area contributed by atoms with Gasteiger partial charge in [-0.2, -0.15) is 0 Å². The fourth-order valence-electron chi connectivity index (χ4n) is 3.73. The highest BCUT2D eigenvalue weighted by Gasteiger charge is 2.23. The minimum absolute atomic E-state index is 0.0297. The van der Waals surface area contributed by atoms with Gasteiger partial charge < -0.3 is 10.7 Å². The molecule has 146 valence electrons. The molecule has 0 amide bonds. The summed E-state index contributed by atoms with van der Waals surface area (Å²) < 4.78 is 0. The number of nitrogens with two attached hydrogens (primary N) is 1. The summed E-state index contributed by atoms with van der Waals surface area (Å²) in [4.78, 5) is 27.1. The van der Waals surface area contributed by atoms with Crippen LogP contribution in [0.15, 0.2) is 28.0 Å². The highest BCUT2D eigenvalue weighted by molar-refractivity contribution is 8.13. The van der Waals surface area contributed by atoms with Gasteiger partial charge in [-0.15, -0.1) is 11.3 Å². The highest BCUT2D eigenvalue weighted by Crippen LogP contribution is 2.35. The number of hydrogen-bond acceptors (Lipinski definition) is 5. The lowest BCUT2D eigenvalue weighted by Gasteiger charge is -2.17. The maximum atomic E-state index is 12.7. The molecular formula is C21H24N4OS2. The molecule has 0 bridgehead atoms. The van der Waals surface area contributed by atoms with Crippen LogP contribution >= 0.6 is 23.1 Å². The Morgan fingerprint density at radius 2 is 2.14 bits per heavy atom. The number of aromatic nitrogens is 2. The second-order valence-corrected chi connectivity index (χ2v) is 9.60.